The number of allylic oxidation sites excluding steroid dienone is 1. The van der Waals surface area contributed by atoms with Gasteiger partial charge in [-0.15, -0.1) is 12.6 Å². The number of pyridine rings is 1. The van der Waals surface area contributed by atoms with Gasteiger partial charge in [-0.05, 0) is 85.4 Å². The van der Waals surface area contributed by atoms with Gasteiger partial charge in [-0.1, -0.05) is 47.5 Å². The van der Waals surface area contributed by atoms with Crippen molar-refractivity contribution >= 4 is 46.6 Å². The number of benzene rings is 2. The van der Waals surface area contributed by atoms with Crippen molar-refractivity contribution in [3.8, 4) is 6.07 Å². The summed E-state index contributed by atoms with van der Waals surface area (Å²) in [5.74, 6) is 1.46. The van der Waals surface area contributed by atoms with E-state index >= 15 is 0 Å². The zero-order valence-electron chi connectivity index (χ0n) is 20.9. The molecule has 4 fully saturated rings. The second-order valence-corrected chi connectivity index (χ2v) is 13.3. The lowest BCUT2D eigenvalue weighted by Crippen LogP contribution is -2.73. The Bertz CT molecular complexity index is 1500. The maximum atomic E-state index is 13.2. The predicted octanol–water partition coefficient (Wildman–Crippen LogP) is 6.93. The van der Waals surface area contributed by atoms with Crippen LogP contribution in [0.3, 0.4) is 0 Å². The molecular formula is C31H30Cl2N3OS+. The Hall–Kier alpha value is -2.23. The van der Waals surface area contributed by atoms with Gasteiger partial charge in [0.15, 0.2) is 12.4 Å². The Morgan fingerprint density at radius 1 is 0.947 bits per heavy atom. The molecule has 8 rings (SSSR count). The SMILES string of the molecule is N#CC1=C(S)N[C@](O)(C23CC4CC(CC(C4)C2)C3)[C@@H]([n+]2ccc3ccccc3c2)[C@H]1c1ccc(Cl)c(Cl)c1. The summed E-state index contributed by atoms with van der Waals surface area (Å²) in [5, 5.41) is 30.6. The van der Waals surface area contributed by atoms with Crippen LogP contribution in [-0.4, -0.2) is 10.8 Å². The third kappa shape index (κ3) is 3.64. The van der Waals surface area contributed by atoms with Gasteiger partial charge >= 0.3 is 0 Å². The van der Waals surface area contributed by atoms with Crippen LogP contribution in [0, 0.1) is 34.5 Å². The van der Waals surface area contributed by atoms with Gasteiger partial charge in [-0.25, -0.2) is 0 Å². The molecule has 2 heterocycles. The fourth-order valence-corrected chi connectivity index (χ4v) is 9.45. The largest absolute Gasteiger partial charge is 0.365 e. The molecule has 0 spiro atoms. The molecule has 5 aliphatic rings. The Labute approximate surface area is 238 Å². The number of thiol groups is 1. The number of aliphatic hydroxyl groups is 1. The van der Waals surface area contributed by atoms with Crippen molar-refractivity contribution in [3.63, 3.8) is 0 Å². The van der Waals surface area contributed by atoms with E-state index in [9.17, 15) is 10.4 Å². The highest BCUT2D eigenvalue weighted by Gasteiger charge is 2.68. The molecule has 1 aliphatic heterocycles. The van der Waals surface area contributed by atoms with Gasteiger partial charge in [-0.3, -0.25) is 0 Å². The maximum absolute atomic E-state index is 13.2. The van der Waals surface area contributed by atoms with E-state index in [0.717, 1.165) is 35.6 Å². The van der Waals surface area contributed by atoms with Crippen LogP contribution in [0.15, 0.2) is 71.5 Å². The van der Waals surface area contributed by atoms with Crippen LogP contribution in [0.4, 0.5) is 0 Å². The van der Waals surface area contributed by atoms with Gasteiger partial charge < -0.3 is 10.4 Å². The minimum absolute atomic E-state index is 0.311. The molecule has 7 heteroatoms. The first-order chi connectivity index (χ1) is 18.3. The molecule has 3 atom stereocenters. The van der Waals surface area contributed by atoms with E-state index < -0.39 is 17.7 Å². The Kier molecular flexibility index (Phi) is 5.80. The molecule has 4 bridgehead atoms. The number of halogens is 2. The zero-order valence-corrected chi connectivity index (χ0v) is 23.4. The minimum Gasteiger partial charge on any atom is -0.365 e. The van der Waals surface area contributed by atoms with Crippen molar-refractivity contribution in [2.45, 2.75) is 56.2 Å². The summed E-state index contributed by atoms with van der Waals surface area (Å²) in [6.07, 6.45) is 10.9. The second-order valence-electron chi connectivity index (χ2n) is 12.1. The van der Waals surface area contributed by atoms with Gasteiger partial charge in [0, 0.05) is 16.9 Å². The van der Waals surface area contributed by atoms with Crippen LogP contribution < -0.4 is 9.88 Å². The molecule has 0 unspecified atom stereocenters. The lowest BCUT2D eigenvalue weighted by Gasteiger charge is -2.63. The topological polar surface area (TPSA) is 59.9 Å². The molecule has 4 nitrogen and oxygen atoms in total. The number of nitriles is 1. The van der Waals surface area contributed by atoms with Crippen LogP contribution in [0.5, 0.6) is 0 Å². The van der Waals surface area contributed by atoms with Crippen molar-refractivity contribution < 1.29 is 9.67 Å². The standard InChI is InChI=1S/C31H29Cl2N3OS/c32-25-6-5-22(12-26(25)33)27-24(16-34)29(38)35-31(37,30-13-18-9-19(14-30)11-20(10-18)15-30)28(27)36-8-7-21-3-1-2-4-23(21)17-36/h1-8,12,17-20,27-28,35,37H,9-11,13-15H2/p+1/t18?,19?,20?,27-,28-,30?,31+/m0/s1. The van der Waals surface area contributed by atoms with E-state index in [1.807, 2.05) is 30.5 Å². The van der Waals surface area contributed by atoms with Gasteiger partial charge in [-0.2, -0.15) is 9.83 Å². The molecule has 0 amide bonds. The number of nitrogens with one attached hydrogen (secondary N) is 1. The number of nitrogens with zero attached hydrogens (tertiary/aromatic N) is 2. The first-order valence-corrected chi connectivity index (χ1v) is 14.7. The highest BCUT2D eigenvalue weighted by molar-refractivity contribution is 7.84. The van der Waals surface area contributed by atoms with Crippen LogP contribution in [-0.2, 0) is 0 Å². The first-order valence-electron chi connectivity index (χ1n) is 13.5. The van der Waals surface area contributed by atoms with E-state index in [2.05, 4.69) is 40.3 Å². The van der Waals surface area contributed by atoms with Gasteiger partial charge in [0.1, 0.15) is 0 Å². The molecule has 3 aromatic rings. The Balaban J connectivity index is 1.48. The second kappa shape index (κ2) is 8.89. The lowest BCUT2D eigenvalue weighted by atomic mass is 9.45. The quantitative estimate of drug-likeness (QED) is 0.239. The van der Waals surface area contributed by atoms with Crippen molar-refractivity contribution in [3.05, 3.63) is 87.1 Å². The van der Waals surface area contributed by atoms with Gasteiger partial charge in [0.2, 0.25) is 11.8 Å². The minimum atomic E-state index is -1.32. The summed E-state index contributed by atoms with van der Waals surface area (Å²) in [6, 6.07) is 17.8. The molecule has 4 saturated carbocycles. The fraction of sp³-hybridized carbons (Fsp3) is 0.419. The highest BCUT2D eigenvalue weighted by Crippen LogP contribution is 2.66. The molecule has 0 radical (unpaired) electrons. The highest BCUT2D eigenvalue weighted by atomic mass is 35.5. The zero-order chi connectivity index (χ0) is 26.2. The van der Waals surface area contributed by atoms with Crippen LogP contribution in [0.2, 0.25) is 10.0 Å². The molecule has 4 aliphatic carbocycles. The third-order valence-corrected chi connectivity index (χ3v) is 11.0. The smallest absolute Gasteiger partial charge is 0.217 e. The predicted molar refractivity (Wildman–Crippen MR) is 153 cm³/mol. The molecule has 38 heavy (non-hydrogen) atoms. The van der Waals surface area contributed by atoms with Gasteiger partial charge in [0.05, 0.1) is 32.6 Å². The van der Waals surface area contributed by atoms with Crippen molar-refractivity contribution in [1.29, 1.82) is 5.26 Å². The van der Waals surface area contributed by atoms with Crippen LogP contribution in [0.25, 0.3) is 10.8 Å². The molecular weight excluding hydrogens is 533 g/mol. The number of hydrogen-bond donors (Lipinski definition) is 3. The normalized spacial score (nSPS) is 35.8. The summed E-state index contributed by atoms with van der Waals surface area (Å²) in [4.78, 5) is 0. The Morgan fingerprint density at radius 2 is 1.61 bits per heavy atom. The van der Waals surface area contributed by atoms with E-state index in [-0.39, 0.29) is 5.41 Å². The van der Waals surface area contributed by atoms with Crippen LogP contribution >= 0.6 is 35.8 Å². The van der Waals surface area contributed by atoms with Crippen molar-refractivity contribution in [1.82, 2.24) is 5.32 Å². The molecule has 0 saturated heterocycles. The number of rotatable bonds is 3. The molecule has 2 N–H and O–H groups in total. The summed E-state index contributed by atoms with van der Waals surface area (Å²) >= 11 is 17.6. The van der Waals surface area contributed by atoms with E-state index in [1.165, 1.54) is 19.3 Å². The molecule has 1 aromatic heterocycles. The average molecular weight is 564 g/mol. The van der Waals surface area contributed by atoms with Crippen molar-refractivity contribution in [2.24, 2.45) is 23.2 Å². The number of hydrogen-bond acceptors (Lipinski definition) is 4. The van der Waals surface area contributed by atoms with E-state index in [0.29, 0.717) is 38.4 Å². The van der Waals surface area contributed by atoms with Crippen LogP contribution in [0.1, 0.15) is 56.0 Å². The molecule has 194 valence electrons. The molecule has 2 aromatic carbocycles. The maximum Gasteiger partial charge on any atom is 0.217 e. The van der Waals surface area contributed by atoms with Crippen molar-refractivity contribution in [2.75, 3.05) is 0 Å². The lowest BCUT2D eigenvalue weighted by molar-refractivity contribution is -0.744. The summed E-state index contributed by atoms with van der Waals surface area (Å²) in [5.41, 5.74) is -0.289. The van der Waals surface area contributed by atoms with E-state index in [4.69, 9.17) is 35.8 Å². The summed E-state index contributed by atoms with van der Waals surface area (Å²) in [6.45, 7) is 0. The summed E-state index contributed by atoms with van der Waals surface area (Å²) in [7, 11) is 0. The number of fused-ring (bicyclic) bond motifs is 1. The summed E-state index contributed by atoms with van der Waals surface area (Å²) < 4.78 is 2.12. The van der Waals surface area contributed by atoms with E-state index in [1.54, 1.807) is 6.07 Å². The first kappa shape index (κ1) is 24.8. The monoisotopic (exact) mass is 562 g/mol. The fourth-order valence-electron chi connectivity index (χ4n) is 8.78. The van der Waals surface area contributed by atoms with Gasteiger partial charge in [0.25, 0.3) is 0 Å². The Morgan fingerprint density at radius 3 is 2.24 bits per heavy atom. The number of aromatic nitrogens is 1. The average Bonchev–Trinajstić information content (AvgIpc) is 2.89. The third-order valence-electron chi connectivity index (χ3n) is 9.92.